The van der Waals surface area contributed by atoms with Crippen LogP contribution < -0.4 is 0 Å². The van der Waals surface area contributed by atoms with Crippen molar-refractivity contribution in [2.75, 3.05) is 26.3 Å². The minimum Gasteiger partial charge on any atom is -0.347 e. The molecule has 102 valence electrons. The molecule has 3 heterocycles. The standard InChI is InChI=1S/C15H25NO2/c1-2-14-5-3-8-16-9-4-12(13(14)16)15(7-6-14)17-10-11-18-15/h12-13H,2-11H2,1H3/t12-,13-,14+/m0/s1. The van der Waals surface area contributed by atoms with Crippen molar-refractivity contribution in [2.24, 2.45) is 11.3 Å². The van der Waals surface area contributed by atoms with Crippen LogP contribution in [-0.4, -0.2) is 43.0 Å². The van der Waals surface area contributed by atoms with Gasteiger partial charge in [-0.25, -0.2) is 0 Å². The minimum absolute atomic E-state index is 0.199. The van der Waals surface area contributed by atoms with Crippen LogP contribution in [0.2, 0.25) is 0 Å². The first kappa shape index (κ1) is 11.7. The van der Waals surface area contributed by atoms with Crippen LogP contribution in [0.15, 0.2) is 0 Å². The summed E-state index contributed by atoms with van der Waals surface area (Å²) in [7, 11) is 0. The van der Waals surface area contributed by atoms with Gasteiger partial charge in [0.1, 0.15) is 0 Å². The van der Waals surface area contributed by atoms with Crippen LogP contribution in [0.4, 0.5) is 0 Å². The minimum atomic E-state index is -0.199. The number of piperidine rings is 1. The summed E-state index contributed by atoms with van der Waals surface area (Å²) in [5.41, 5.74) is 0.569. The number of nitrogens with zero attached hydrogens (tertiary/aromatic N) is 1. The monoisotopic (exact) mass is 251 g/mol. The van der Waals surface area contributed by atoms with Gasteiger partial charge in [-0.05, 0) is 50.6 Å². The fourth-order valence-electron chi connectivity index (χ4n) is 5.44. The van der Waals surface area contributed by atoms with E-state index >= 15 is 0 Å². The molecular formula is C15H25NO2. The number of fused-ring (bicyclic) bond motifs is 1. The Bertz CT molecular complexity index is 339. The van der Waals surface area contributed by atoms with Gasteiger partial charge in [0.25, 0.3) is 0 Å². The molecule has 0 radical (unpaired) electrons. The molecule has 3 nitrogen and oxygen atoms in total. The fourth-order valence-corrected chi connectivity index (χ4v) is 5.44. The van der Waals surface area contributed by atoms with E-state index in [-0.39, 0.29) is 5.79 Å². The maximum atomic E-state index is 6.10. The zero-order chi connectivity index (χ0) is 12.2. The molecule has 3 heteroatoms. The maximum Gasteiger partial charge on any atom is 0.172 e. The first-order valence-electron chi connectivity index (χ1n) is 7.82. The number of hydrogen-bond donors (Lipinski definition) is 0. The Balaban J connectivity index is 1.71. The lowest BCUT2D eigenvalue weighted by Crippen LogP contribution is -2.60. The van der Waals surface area contributed by atoms with E-state index in [1.54, 1.807) is 0 Å². The summed E-state index contributed by atoms with van der Waals surface area (Å²) in [5, 5.41) is 0. The van der Waals surface area contributed by atoms with Gasteiger partial charge in [0.2, 0.25) is 0 Å². The normalized spacial score (nSPS) is 46.5. The summed E-state index contributed by atoms with van der Waals surface area (Å²) in [6.07, 6.45) is 7.88. The quantitative estimate of drug-likeness (QED) is 0.714. The SMILES string of the molecule is CC[C@]12CCCN3CC[C@@H]([C@H]31)C1(CC2)OCCO1. The smallest absolute Gasteiger partial charge is 0.172 e. The van der Waals surface area contributed by atoms with Crippen LogP contribution in [0.1, 0.15) is 45.4 Å². The molecule has 3 aliphatic heterocycles. The van der Waals surface area contributed by atoms with Gasteiger partial charge >= 0.3 is 0 Å². The van der Waals surface area contributed by atoms with E-state index in [4.69, 9.17) is 9.47 Å². The van der Waals surface area contributed by atoms with Crippen molar-refractivity contribution < 1.29 is 9.47 Å². The second-order valence-corrected chi connectivity index (χ2v) is 6.70. The van der Waals surface area contributed by atoms with Gasteiger partial charge in [-0.3, -0.25) is 4.90 Å². The lowest BCUT2D eigenvalue weighted by atomic mass is 9.59. The van der Waals surface area contributed by atoms with E-state index in [0.29, 0.717) is 11.3 Å². The highest BCUT2D eigenvalue weighted by atomic mass is 16.7. The van der Waals surface area contributed by atoms with E-state index in [0.717, 1.165) is 25.7 Å². The van der Waals surface area contributed by atoms with Crippen LogP contribution in [0.3, 0.4) is 0 Å². The number of rotatable bonds is 1. The molecule has 4 aliphatic rings. The second kappa shape index (κ2) is 3.94. The largest absolute Gasteiger partial charge is 0.347 e. The maximum absolute atomic E-state index is 6.10. The van der Waals surface area contributed by atoms with Gasteiger partial charge in [-0.1, -0.05) is 6.92 Å². The van der Waals surface area contributed by atoms with Gasteiger partial charge in [0.15, 0.2) is 5.79 Å². The highest BCUT2D eigenvalue weighted by molar-refractivity contribution is 5.10. The molecule has 1 saturated carbocycles. The number of hydrogen-bond acceptors (Lipinski definition) is 3. The summed E-state index contributed by atoms with van der Waals surface area (Å²) in [5.74, 6) is 0.434. The zero-order valence-corrected chi connectivity index (χ0v) is 11.5. The molecule has 3 atom stereocenters. The van der Waals surface area contributed by atoms with Crippen molar-refractivity contribution in [3.8, 4) is 0 Å². The van der Waals surface area contributed by atoms with Crippen molar-refractivity contribution in [2.45, 2.75) is 57.3 Å². The van der Waals surface area contributed by atoms with Gasteiger partial charge in [-0.2, -0.15) is 0 Å². The summed E-state index contributed by atoms with van der Waals surface area (Å²) in [6.45, 7) is 6.59. The van der Waals surface area contributed by atoms with E-state index < -0.39 is 0 Å². The van der Waals surface area contributed by atoms with Crippen molar-refractivity contribution in [1.29, 1.82) is 0 Å². The molecule has 1 aliphatic carbocycles. The van der Waals surface area contributed by atoms with E-state index in [2.05, 4.69) is 11.8 Å². The average Bonchev–Trinajstić information content (AvgIpc) is 3.03. The van der Waals surface area contributed by atoms with E-state index in [9.17, 15) is 0 Å². The molecule has 0 aromatic carbocycles. The average molecular weight is 251 g/mol. The Labute approximate surface area is 110 Å². The molecule has 3 saturated heterocycles. The molecule has 0 aromatic rings. The third-order valence-electron chi connectivity index (χ3n) is 6.27. The molecule has 4 rings (SSSR count). The number of ether oxygens (including phenoxy) is 2. The van der Waals surface area contributed by atoms with Crippen LogP contribution in [0, 0.1) is 11.3 Å². The second-order valence-electron chi connectivity index (χ2n) is 6.70. The van der Waals surface area contributed by atoms with Gasteiger partial charge in [-0.15, -0.1) is 0 Å². The molecule has 0 aromatic heterocycles. The van der Waals surface area contributed by atoms with Gasteiger partial charge in [0.05, 0.1) is 13.2 Å². The van der Waals surface area contributed by atoms with Crippen LogP contribution in [0.5, 0.6) is 0 Å². The lowest BCUT2D eigenvalue weighted by molar-refractivity contribution is -0.242. The summed E-state index contributed by atoms with van der Waals surface area (Å²) >= 11 is 0. The predicted molar refractivity (Wildman–Crippen MR) is 69.3 cm³/mol. The first-order valence-corrected chi connectivity index (χ1v) is 7.82. The van der Waals surface area contributed by atoms with Crippen LogP contribution in [0.25, 0.3) is 0 Å². The van der Waals surface area contributed by atoms with Gasteiger partial charge in [0, 0.05) is 18.4 Å². The third kappa shape index (κ3) is 1.36. The Morgan fingerprint density at radius 2 is 1.94 bits per heavy atom. The fraction of sp³-hybridized carbons (Fsp3) is 1.00. The summed E-state index contributed by atoms with van der Waals surface area (Å²) < 4.78 is 12.2. The Kier molecular flexibility index (Phi) is 2.56. The summed E-state index contributed by atoms with van der Waals surface area (Å²) in [6, 6.07) is 0.739. The Hall–Kier alpha value is -0.120. The zero-order valence-electron chi connectivity index (χ0n) is 11.5. The van der Waals surface area contributed by atoms with Crippen molar-refractivity contribution >= 4 is 0 Å². The van der Waals surface area contributed by atoms with Crippen molar-refractivity contribution in [3.63, 3.8) is 0 Å². The summed E-state index contributed by atoms with van der Waals surface area (Å²) in [4.78, 5) is 2.75. The Morgan fingerprint density at radius 3 is 2.72 bits per heavy atom. The molecule has 0 N–H and O–H groups in total. The molecule has 4 fully saturated rings. The molecule has 0 bridgehead atoms. The van der Waals surface area contributed by atoms with E-state index in [1.807, 2.05) is 0 Å². The van der Waals surface area contributed by atoms with Crippen LogP contribution >= 0.6 is 0 Å². The lowest BCUT2D eigenvalue weighted by Gasteiger charge is -2.56. The molecule has 0 unspecified atom stereocenters. The highest BCUT2D eigenvalue weighted by Crippen LogP contribution is 2.58. The highest BCUT2D eigenvalue weighted by Gasteiger charge is 2.62. The predicted octanol–water partition coefficient (Wildman–Crippen LogP) is 2.40. The first-order chi connectivity index (χ1) is 8.80. The van der Waals surface area contributed by atoms with Crippen molar-refractivity contribution in [3.05, 3.63) is 0 Å². The molecular weight excluding hydrogens is 226 g/mol. The van der Waals surface area contributed by atoms with Crippen molar-refractivity contribution in [1.82, 2.24) is 4.90 Å². The topological polar surface area (TPSA) is 21.7 Å². The molecule has 1 spiro atoms. The molecule has 18 heavy (non-hydrogen) atoms. The Morgan fingerprint density at radius 1 is 1.11 bits per heavy atom. The van der Waals surface area contributed by atoms with Crippen LogP contribution in [-0.2, 0) is 9.47 Å². The van der Waals surface area contributed by atoms with Gasteiger partial charge < -0.3 is 9.47 Å². The van der Waals surface area contributed by atoms with E-state index in [1.165, 1.54) is 45.2 Å². The molecule has 0 amide bonds. The third-order valence-corrected chi connectivity index (χ3v) is 6.27.